The summed E-state index contributed by atoms with van der Waals surface area (Å²) in [5, 5.41) is 3.85. The van der Waals surface area contributed by atoms with Crippen molar-refractivity contribution in [3.63, 3.8) is 0 Å². The Morgan fingerprint density at radius 3 is 2.73 bits per heavy atom. The van der Waals surface area contributed by atoms with Crippen LogP contribution in [0.4, 0.5) is 5.69 Å². The third-order valence-corrected chi connectivity index (χ3v) is 4.73. The van der Waals surface area contributed by atoms with E-state index in [1.807, 2.05) is 25.1 Å². The molecule has 2 amide bonds. The van der Waals surface area contributed by atoms with E-state index in [4.69, 9.17) is 27.9 Å². The fourth-order valence-corrected chi connectivity index (χ4v) is 3.12. The van der Waals surface area contributed by atoms with E-state index in [1.54, 1.807) is 24.3 Å². The Morgan fingerprint density at radius 2 is 2.00 bits per heavy atom. The van der Waals surface area contributed by atoms with Gasteiger partial charge in [0.15, 0.2) is 6.10 Å². The first-order chi connectivity index (χ1) is 12.5. The summed E-state index contributed by atoms with van der Waals surface area (Å²) in [5.74, 6) is -0.00383. The summed E-state index contributed by atoms with van der Waals surface area (Å²) >= 11 is 12.1. The van der Waals surface area contributed by atoms with Gasteiger partial charge in [-0.25, -0.2) is 0 Å². The van der Waals surface area contributed by atoms with Crippen LogP contribution in [0.15, 0.2) is 42.5 Å². The summed E-state index contributed by atoms with van der Waals surface area (Å²) in [5.41, 5.74) is 1.31. The number of fused-ring (bicyclic) bond motifs is 1. The van der Waals surface area contributed by atoms with Crippen LogP contribution in [0.25, 0.3) is 0 Å². The maximum absolute atomic E-state index is 12.7. The average Bonchev–Trinajstić information content (AvgIpc) is 2.63. The van der Waals surface area contributed by atoms with Gasteiger partial charge < -0.3 is 10.1 Å². The summed E-state index contributed by atoms with van der Waals surface area (Å²) in [4.78, 5) is 26.5. The molecular weight excluding hydrogens is 375 g/mol. The lowest BCUT2D eigenvalue weighted by Gasteiger charge is -2.33. The van der Waals surface area contributed by atoms with E-state index in [1.165, 1.54) is 4.90 Å². The zero-order chi connectivity index (χ0) is 18.7. The van der Waals surface area contributed by atoms with Gasteiger partial charge in [0.2, 0.25) is 5.91 Å². The Labute approximate surface area is 161 Å². The zero-order valence-electron chi connectivity index (χ0n) is 14.2. The first-order valence-electron chi connectivity index (χ1n) is 8.27. The van der Waals surface area contributed by atoms with Gasteiger partial charge in [-0.15, -0.1) is 0 Å². The number of carbonyl (C=O) groups excluding carboxylic acids is 2. The molecule has 1 atom stereocenters. The van der Waals surface area contributed by atoms with Crippen molar-refractivity contribution in [3.8, 4) is 5.75 Å². The fraction of sp³-hybridized carbons (Fsp3) is 0.263. The molecule has 0 aromatic heterocycles. The third-order valence-electron chi connectivity index (χ3n) is 4.13. The predicted molar refractivity (Wildman–Crippen MR) is 102 cm³/mol. The van der Waals surface area contributed by atoms with E-state index in [-0.39, 0.29) is 24.9 Å². The van der Waals surface area contributed by atoms with Crippen LogP contribution >= 0.6 is 23.2 Å². The molecule has 2 aromatic rings. The standard InChI is InChI=1S/C19H18Cl2N2O3/c1-2-16-19(25)23(15-9-13(20)7-8-17(15)26-16)11-18(24)22-10-12-5-3-4-6-14(12)21/h3-9,16H,2,10-11H2,1H3,(H,22,24)/t16-/m1/s1. The molecule has 0 fully saturated rings. The number of hydrogen-bond acceptors (Lipinski definition) is 3. The van der Waals surface area contributed by atoms with Gasteiger partial charge in [-0.3, -0.25) is 14.5 Å². The van der Waals surface area contributed by atoms with Crippen LogP contribution in [0.1, 0.15) is 18.9 Å². The highest BCUT2D eigenvalue weighted by molar-refractivity contribution is 6.31. The lowest BCUT2D eigenvalue weighted by atomic mass is 10.1. The SMILES string of the molecule is CC[C@H]1Oc2ccc(Cl)cc2N(CC(=O)NCc2ccccc2Cl)C1=O. The number of nitrogens with one attached hydrogen (secondary N) is 1. The van der Waals surface area contributed by atoms with Crippen molar-refractivity contribution in [2.45, 2.75) is 26.0 Å². The molecule has 1 heterocycles. The van der Waals surface area contributed by atoms with Crippen LogP contribution in [0.2, 0.25) is 10.0 Å². The number of benzene rings is 2. The molecule has 26 heavy (non-hydrogen) atoms. The van der Waals surface area contributed by atoms with Crippen LogP contribution in [0, 0.1) is 0 Å². The quantitative estimate of drug-likeness (QED) is 0.841. The van der Waals surface area contributed by atoms with E-state index >= 15 is 0 Å². The molecule has 0 saturated carbocycles. The number of carbonyl (C=O) groups is 2. The summed E-state index contributed by atoms with van der Waals surface area (Å²) in [6, 6.07) is 12.3. The average molecular weight is 393 g/mol. The molecule has 2 aromatic carbocycles. The Balaban J connectivity index is 1.75. The molecule has 7 heteroatoms. The van der Waals surface area contributed by atoms with Crippen molar-refractivity contribution < 1.29 is 14.3 Å². The number of amides is 2. The molecule has 0 bridgehead atoms. The Hall–Kier alpha value is -2.24. The van der Waals surface area contributed by atoms with Crippen LogP contribution < -0.4 is 15.0 Å². The molecule has 0 radical (unpaired) electrons. The molecule has 0 aliphatic carbocycles. The lowest BCUT2D eigenvalue weighted by molar-refractivity contribution is -0.129. The van der Waals surface area contributed by atoms with Gasteiger partial charge in [-0.05, 0) is 36.2 Å². The first-order valence-corrected chi connectivity index (χ1v) is 9.03. The number of ether oxygens (including phenoxy) is 1. The normalized spacial score (nSPS) is 16.0. The molecule has 1 aliphatic heterocycles. The van der Waals surface area contributed by atoms with E-state index in [9.17, 15) is 9.59 Å². The van der Waals surface area contributed by atoms with Gasteiger partial charge >= 0.3 is 0 Å². The molecule has 3 rings (SSSR count). The van der Waals surface area contributed by atoms with Crippen molar-refractivity contribution in [2.24, 2.45) is 0 Å². The van der Waals surface area contributed by atoms with Crippen molar-refractivity contribution in [3.05, 3.63) is 58.1 Å². The smallest absolute Gasteiger partial charge is 0.268 e. The molecule has 0 saturated heterocycles. The van der Waals surface area contributed by atoms with Crippen molar-refractivity contribution in [1.29, 1.82) is 0 Å². The number of rotatable bonds is 5. The first kappa shape index (κ1) is 18.5. The van der Waals surface area contributed by atoms with Gasteiger partial charge in [0.25, 0.3) is 5.91 Å². The zero-order valence-corrected chi connectivity index (χ0v) is 15.7. The van der Waals surface area contributed by atoms with Gasteiger partial charge in [-0.2, -0.15) is 0 Å². The fourth-order valence-electron chi connectivity index (χ4n) is 2.75. The van der Waals surface area contributed by atoms with Gasteiger partial charge in [0.1, 0.15) is 12.3 Å². The van der Waals surface area contributed by atoms with Gasteiger partial charge in [0, 0.05) is 16.6 Å². The van der Waals surface area contributed by atoms with Crippen molar-refractivity contribution >= 4 is 40.7 Å². The summed E-state index contributed by atoms with van der Waals surface area (Å²) in [7, 11) is 0. The summed E-state index contributed by atoms with van der Waals surface area (Å²) in [6.07, 6.45) is -0.0985. The van der Waals surface area contributed by atoms with E-state index in [2.05, 4.69) is 5.32 Å². The molecule has 136 valence electrons. The minimum Gasteiger partial charge on any atom is -0.478 e. The van der Waals surface area contributed by atoms with Crippen molar-refractivity contribution in [1.82, 2.24) is 5.32 Å². The van der Waals surface area contributed by atoms with Crippen LogP contribution in [0.3, 0.4) is 0 Å². The maximum atomic E-state index is 12.7. The Bertz CT molecular complexity index is 841. The minimum absolute atomic E-state index is 0.115. The monoisotopic (exact) mass is 392 g/mol. The van der Waals surface area contributed by atoms with Crippen molar-refractivity contribution in [2.75, 3.05) is 11.4 Å². The third kappa shape index (κ3) is 3.94. The highest BCUT2D eigenvalue weighted by atomic mass is 35.5. The maximum Gasteiger partial charge on any atom is 0.268 e. The molecule has 0 spiro atoms. The second-order valence-electron chi connectivity index (χ2n) is 5.92. The van der Waals surface area contributed by atoms with E-state index in [0.717, 1.165) is 5.56 Å². The lowest BCUT2D eigenvalue weighted by Crippen LogP contribution is -2.49. The second kappa shape index (κ2) is 7.98. The van der Waals surface area contributed by atoms with E-state index < -0.39 is 6.10 Å². The van der Waals surface area contributed by atoms with Gasteiger partial charge in [0.05, 0.1) is 5.69 Å². The number of hydrogen-bond donors (Lipinski definition) is 1. The second-order valence-corrected chi connectivity index (χ2v) is 6.76. The predicted octanol–water partition coefficient (Wildman–Crippen LogP) is 3.81. The number of halogens is 2. The summed E-state index contributed by atoms with van der Waals surface area (Å²) in [6.45, 7) is 2.03. The molecule has 1 aliphatic rings. The number of anilines is 1. The Kier molecular flexibility index (Phi) is 5.69. The topological polar surface area (TPSA) is 58.6 Å². The van der Waals surface area contributed by atoms with Crippen LogP contribution in [-0.4, -0.2) is 24.5 Å². The van der Waals surface area contributed by atoms with Crippen LogP contribution in [-0.2, 0) is 16.1 Å². The minimum atomic E-state index is -0.611. The molecule has 1 N–H and O–H groups in total. The molecule has 5 nitrogen and oxygen atoms in total. The highest BCUT2D eigenvalue weighted by Gasteiger charge is 2.34. The summed E-state index contributed by atoms with van der Waals surface area (Å²) < 4.78 is 5.71. The van der Waals surface area contributed by atoms with Crippen LogP contribution in [0.5, 0.6) is 5.75 Å². The number of nitrogens with zero attached hydrogens (tertiary/aromatic N) is 1. The molecule has 0 unspecified atom stereocenters. The molecular formula is C19H18Cl2N2O3. The largest absolute Gasteiger partial charge is 0.478 e. The highest BCUT2D eigenvalue weighted by Crippen LogP contribution is 2.36. The van der Waals surface area contributed by atoms with Gasteiger partial charge in [-0.1, -0.05) is 48.3 Å². The van der Waals surface area contributed by atoms with E-state index in [0.29, 0.717) is 27.9 Å². The Morgan fingerprint density at radius 1 is 1.23 bits per heavy atom.